The lowest BCUT2D eigenvalue weighted by atomic mass is 10.1. The van der Waals surface area contributed by atoms with E-state index in [-0.39, 0.29) is 0 Å². The molecule has 0 N–H and O–H groups in total. The van der Waals surface area contributed by atoms with Gasteiger partial charge in [-0.1, -0.05) is 87.0 Å². The molecule has 3 aromatic heterocycles. The molecule has 0 aliphatic rings. The number of allylic oxidation sites excluding steroid dienone is 6. The molecule has 0 saturated carbocycles. The summed E-state index contributed by atoms with van der Waals surface area (Å²) in [6.45, 7) is 24.7. The Morgan fingerprint density at radius 1 is 0.767 bits per heavy atom. The van der Waals surface area contributed by atoms with E-state index < -0.39 is 0 Å². The van der Waals surface area contributed by atoms with Crippen molar-refractivity contribution in [1.29, 1.82) is 0 Å². The van der Waals surface area contributed by atoms with Crippen molar-refractivity contribution in [1.82, 2.24) is 9.13 Å². The fourth-order valence-electron chi connectivity index (χ4n) is 5.96. The molecular formula is C40H38N2S. The summed E-state index contributed by atoms with van der Waals surface area (Å²) < 4.78 is 5.89. The molecule has 2 nitrogen and oxygen atoms in total. The van der Waals surface area contributed by atoms with Crippen molar-refractivity contribution in [3.8, 4) is 5.69 Å². The lowest BCUT2D eigenvalue weighted by molar-refractivity contribution is 1.04. The molecule has 43 heavy (non-hydrogen) atoms. The first-order valence-electron chi connectivity index (χ1n) is 14.5. The topological polar surface area (TPSA) is 9.86 Å². The molecular weight excluding hydrogens is 541 g/mol. The van der Waals surface area contributed by atoms with Crippen LogP contribution in [0, 0.1) is 13.8 Å². The molecule has 0 spiro atoms. The van der Waals surface area contributed by atoms with Crippen molar-refractivity contribution in [2.24, 2.45) is 0 Å². The third kappa shape index (κ3) is 5.17. The molecule has 0 atom stereocenters. The summed E-state index contributed by atoms with van der Waals surface area (Å²) in [6.07, 6.45) is 22.4. The molecule has 5 rings (SSSR count). The third-order valence-corrected chi connectivity index (χ3v) is 9.10. The second kappa shape index (κ2) is 12.6. The highest BCUT2D eigenvalue weighted by Crippen LogP contribution is 2.39. The molecule has 0 saturated heterocycles. The van der Waals surface area contributed by atoms with Gasteiger partial charge in [-0.3, -0.25) is 0 Å². The van der Waals surface area contributed by atoms with Crippen LogP contribution in [0.5, 0.6) is 0 Å². The smallest absolute Gasteiger partial charge is 0.0534 e. The van der Waals surface area contributed by atoms with Gasteiger partial charge in [-0.25, -0.2) is 0 Å². The molecule has 0 bridgehead atoms. The Hall–Kier alpha value is -4.86. The van der Waals surface area contributed by atoms with Gasteiger partial charge in [0, 0.05) is 54.2 Å². The van der Waals surface area contributed by atoms with Gasteiger partial charge in [-0.2, -0.15) is 0 Å². The molecule has 0 amide bonds. The van der Waals surface area contributed by atoms with Crippen molar-refractivity contribution in [2.45, 2.75) is 27.7 Å². The van der Waals surface area contributed by atoms with Crippen LogP contribution < -0.4 is 0 Å². The van der Waals surface area contributed by atoms with E-state index in [2.05, 4.69) is 129 Å². The van der Waals surface area contributed by atoms with E-state index in [1.165, 1.54) is 37.7 Å². The average molecular weight is 579 g/mol. The summed E-state index contributed by atoms with van der Waals surface area (Å²) in [5.74, 6) is 0. The minimum absolute atomic E-state index is 1.10. The number of para-hydroxylation sites is 1. The van der Waals surface area contributed by atoms with Crippen LogP contribution in [0.4, 0.5) is 0 Å². The number of aromatic nitrogens is 2. The summed E-state index contributed by atoms with van der Waals surface area (Å²) in [7, 11) is 0. The largest absolute Gasteiger partial charge is 0.314 e. The highest BCUT2D eigenvalue weighted by Gasteiger charge is 2.19. The Kier molecular flexibility index (Phi) is 8.66. The van der Waals surface area contributed by atoms with Gasteiger partial charge in [0.25, 0.3) is 0 Å². The van der Waals surface area contributed by atoms with Crippen LogP contribution in [-0.4, -0.2) is 9.13 Å². The monoisotopic (exact) mass is 578 g/mol. The third-order valence-electron chi connectivity index (χ3n) is 7.92. The molecule has 0 aliphatic carbocycles. The molecule has 3 heteroatoms. The van der Waals surface area contributed by atoms with Crippen molar-refractivity contribution >= 4 is 74.5 Å². The van der Waals surface area contributed by atoms with Crippen LogP contribution in [-0.2, 0) is 0 Å². The van der Waals surface area contributed by atoms with Crippen LogP contribution in [0.1, 0.15) is 58.1 Å². The number of thiophene rings is 1. The van der Waals surface area contributed by atoms with Gasteiger partial charge in [-0.15, -0.1) is 11.3 Å². The van der Waals surface area contributed by atoms with Gasteiger partial charge >= 0.3 is 0 Å². The van der Waals surface area contributed by atoms with E-state index in [0.29, 0.717) is 0 Å². The second-order valence-electron chi connectivity index (χ2n) is 10.5. The van der Waals surface area contributed by atoms with Crippen LogP contribution >= 0.6 is 11.3 Å². The summed E-state index contributed by atoms with van der Waals surface area (Å²) in [5, 5.41) is 2.45. The predicted octanol–water partition coefficient (Wildman–Crippen LogP) is 12.0. The number of rotatable bonds is 10. The fraction of sp³-hybridized carbons (Fsp3) is 0.100. The molecule has 214 valence electrons. The van der Waals surface area contributed by atoms with E-state index in [1.54, 1.807) is 11.3 Å². The van der Waals surface area contributed by atoms with E-state index in [9.17, 15) is 0 Å². The van der Waals surface area contributed by atoms with Gasteiger partial charge in [0.15, 0.2) is 0 Å². The lowest BCUT2D eigenvalue weighted by Crippen LogP contribution is -2.00. The van der Waals surface area contributed by atoms with E-state index in [1.807, 2.05) is 43.4 Å². The SMILES string of the molecule is C=C/C=C\c1c(C)c(C=C)c(/C=C\C)n1-c1ccc2sc(C=C)c(/C=C(\C)n3c(/C=C\C=C)c(C)c4ccccc43)c2c1. The molecule has 2 aromatic carbocycles. The molecule has 0 unspecified atom stereocenters. The van der Waals surface area contributed by atoms with Crippen LogP contribution in [0.15, 0.2) is 99.2 Å². The van der Waals surface area contributed by atoms with Crippen LogP contribution in [0.3, 0.4) is 0 Å². The standard InChI is InChI=1S/C40H38N2S/c1-9-14-20-35-29(8)32-19-16-17-22-38(32)41(35)27(6)25-33-34-26-30(23-24-40(34)43-39(33)13-5)42-36(21-15-10-2)28(7)31(12-4)37(42)18-11-3/h9-26H,1-2,4-5H2,3,6-8H3/b18-11-,20-14-,21-15-,27-25+. The first-order valence-corrected chi connectivity index (χ1v) is 15.3. The minimum atomic E-state index is 1.10. The average Bonchev–Trinajstić information content (AvgIpc) is 3.61. The van der Waals surface area contributed by atoms with Crippen LogP contribution in [0.25, 0.3) is 68.8 Å². The zero-order valence-corrected chi connectivity index (χ0v) is 26.3. The number of nitrogens with zero attached hydrogens (tertiary/aromatic N) is 2. The lowest BCUT2D eigenvalue weighted by Gasteiger charge is -2.12. The Balaban J connectivity index is 1.79. The van der Waals surface area contributed by atoms with Crippen molar-refractivity contribution in [2.75, 3.05) is 0 Å². The second-order valence-corrected chi connectivity index (χ2v) is 11.5. The van der Waals surface area contributed by atoms with E-state index in [0.717, 1.165) is 38.9 Å². The minimum Gasteiger partial charge on any atom is -0.314 e. The number of aryl methyl sites for hydroxylation is 1. The number of hydrogen-bond donors (Lipinski definition) is 0. The highest BCUT2D eigenvalue weighted by atomic mass is 32.1. The van der Waals surface area contributed by atoms with Gasteiger partial charge in [-0.05, 0) is 87.4 Å². The summed E-state index contributed by atoms with van der Waals surface area (Å²) in [5.41, 5.74) is 11.5. The number of hydrogen-bond acceptors (Lipinski definition) is 1. The Morgan fingerprint density at radius 2 is 1.49 bits per heavy atom. The van der Waals surface area contributed by atoms with Crippen molar-refractivity contribution in [3.05, 3.63) is 143 Å². The van der Waals surface area contributed by atoms with E-state index in [4.69, 9.17) is 0 Å². The van der Waals surface area contributed by atoms with Crippen molar-refractivity contribution < 1.29 is 0 Å². The van der Waals surface area contributed by atoms with Gasteiger partial charge < -0.3 is 9.13 Å². The van der Waals surface area contributed by atoms with Crippen LogP contribution in [0.2, 0.25) is 0 Å². The first kappa shape index (κ1) is 29.6. The molecule has 5 aromatic rings. The maximum atomic E-state index is 4.18. The number of benzene rings is 2. The van der Waals surface area contributed by atoms with Gasteiger partial charge in [0.05, 0.1) is 11.2 Å². The normalized spacial score (nSPS) is 12.4. The molecule has 3 heterocycles. The zero-order valence-electron chi connectivity index (χ0n) is 25.5. The van der Waals surface area contributed by atoms with Crippen molar-refractivity contribution in [3.63, 3.8) is 0 Å². The quantitative estimate of drug-likeness (QED) is 0.146. The molecule has 0 radical (unpaired) electrons. The summed E-state index contributed by atoms with van der Waals surface area (Å²) in [4.78, 5) is 1.15. The van der Waals surface area contributed by atoms with Gasteiger partial charge in [0.1, 0.15) is 0 Å². The molecule has 0 aliphatic heterocycles. The summed E-state index contributed by atoms with van der Waals surface area (Å²) in [6, 6.07) is 15.3. The Morgan fingerprint density at radius 3 is 2.16 bits per heavy atom. The van der Waals surface area contributed by atoms with Gasteiger partial charge in [0.2, 0.25) is 0 Å². The Labute approximate surface area is 259 Å². The highest BCUT2D eigenvalue weighted by molar-refractivity contribution is 7.20. The number of fused-ring (bicyclic) bond motifs is 2. The van der Waals surface area contributed by atoms with E-state index >= 15 is 0 Å². The first-order chi connectivity index (χ1) is 20.9. The Bertz CT molecular complexity index is 2020. The maximum Gasteiger partial charge on any atom is 0.0534 e. The molecule has 0 fully saturated rings. The predicted molar refractivity (Wildman–Crippen MR) is 196 cm³/mol. The maximum absolute atomic E-state index is 4.18. The fourth-order valence-corrected chi connectivity index (χ4v) is 6.98. The summed E-state index contributed by atoms with van der Waals surface area (Å²) >= 11 is 1.77. The zero-order chi connectivity index (χ0) is 30.7.